The van der Waals surface area contributed by atoms with E-state index >= 15 is 0 Å². The van der Waals surface area contributed by atoms with Crippen LogP contribution in [0.25, 0.3) is 0 Å². The SMILES string of the molecule is CCc1c(C(=O)NCCCCC(=O)O)cnn1Cc1ccccc1. The molecule has 1 aromatic heterocycles. The molecule has 0 fully saturated rings. The van der Waals surface area contributed by atoms with Crippen molar-refractivity contribution >= 4 is 11.9 Å². The number of nitrogens with zero attached hydrogens (tertiary/aromatic N) is 2. The van der Waals surface area contributed by atoms with E-state index in [2.05, 4.69) is 10.4 Å². The minimum absolute atomic E-state index is 0.130. The van der Waals surface area contributed by atoms with Gasteiger partial charge in [-0.3, -0.25) is 14.3 Å². The first-order chi connectivity index (χ1) is 11.6. The van der Waals surface area contributed by atoms with Crippen LogP contribution in [-0.2, 0) is 17.8 Å². The summed E-state index contributed by atoms with van der Waals surface area (Å²) in [5, 5.41) is 15.8. The molecule has 0 spiro atoms. The largest absolute Gasteiger partial charge is 0.481 e. The molecule has 0 aliphatic rings. The van der Waals surface area contributed by atoms with Crippen molar-refractivity contribution in [2.45, 2.75) is 39.2 Å². The molecule has 24 heavy (non-hydrogen) atoms. The van der Waals surface area contributed by atoms with Crippen LogP contribution in [0.3, 0.4) is 0 Å². The highest BCUT2D eigenvalue weighted by Crippen LogP contribution is 2.12. The highest BCUT2D eigenvalue weighted by atomic mass is 16.4. The number of nitrogens with one attached hydrogen (secondary N) is 1. The quantitative estimate of drug-likeness (QED) is 0.692. The zero-order chi connectivity index (χ0) is 17.4. The number of carboxylic acids is 1. The topological polar surface area (TPSA) is 84.2 Å². The predicted octanol–water partition coefficient (Wildman–Crippen LogP) is 2.48. The Morgan fingerprint density at radius 2 is 1.96 bits per heavy atom. The Labute approximate surface area is 141 Å². The summed E-state index contributed by atoms with van der Waals surface area (Å²) in [5.41, 5.74) is 2.63. The first kappa shape index (κ1) is 17.7. The van der Waals surface area contributed by atoms with Crippen LogP contribution in [0.5, 0.6) is 0 Å². The van der Waals surface area contributed by atoms with E-state index in [-0.39, 0.29) is 12.3 Å². The number of unbranched alkanes of at least 4 members (excludes halogenated alkanes) is 1. The van der Waals surface area contributed by atoms with Crippen LogP contribution in [0.2, 0.25) is 0 Å². The van der Waals surface area contributed by atoms with Gasteiger partial charge in [-0.1, -0.05) is 37.3 Å². The van der Waals surface area contributed by atoms with Gasteiger partial charge in [0, 0.05) is 13.0 Å². The van der Waals surface area contributed by atoms with Crippen molar-refractivity contribution in [3.63, 3.8) is 0 Å². The summed E-state index contributed by atoms with van der Waals surface area (Å²) in [4.78, 5) is 22.8. The molecule has 2 aromatic rings. The number of aromatic nitrogens is 2. The maximum Gasteiger partial charge on any atom is 0.303 e. The first-order valence-electron chi connectivity index (χ1n) is 8.20. The van der Waals surface area contributed by atoms with Crippen molar-refractivity contribution < 1.29 is 14.7 Å². The van der Waals surface area contributed by atoms with Crippen molar-refractivity contribution in [1.82, 2.24) is 15.1 Å². The molecule has 0 atom stereocenters. The molecular weight excluding hydrogens is 306 g/mol. The van der Waals surface area contributed by atoms with Crippen molar-refractivity contribution in [3.8, 4) is 0 Å². The Morgan fingerprint density at radius 1 is 1.21 bits per heavy atom. The molecule has 0 saturated carbocycles. The molecule has 2 N–H and O–H groups in total. The number of benzene rings is 1. The van der Waals surface area contributed by atoms with Crippen LogP contribution < -0.4 is 5.32 Å². The van der Waals surface area contributed by atoms with Crippen molar-refractivity contribution in [2.24, 2.45) is 0 Å². The molecule has 128 valence electrons. The Bertz CT molecular complexity index is 680. The van der Waals surface area contributed by atoms with E-state index in [4.69, 9.17) is 5.11 Å². The molecule has 6 heteroatoms. The van der Waals surface area contributed by atoms with Crippen LogP contribution in [0, 0.1) is 0 Å². The van der Waals surface area contributed by atoms with Crippen LogP contribution in [0.1, 0.15) is 47.8 Å². The van der Waals surface area contributed by atoms with Crippen molar-refractivity contribution in [3.05, 3.63) is 53.3 Å². The summed E-state index contributed by atoms with van der Waals surface area (Å²) >= 11 is 0. The lowest BCUT2D eigenvalue weighted by atomic mass is 10.1. The molecule has 6 nitrogen and oxygen atoms in total. The highest BCUT2D eigenvalue weighted by molar-refractivity contribution is 5.95. The van der Waals surface area contributed by atoms with Gasteiger partial charge in [0.15, 0.2) is 0 Å². The van der Waals surface area contributed by atoms with Crippen molar-refractivity contribution in [2.75, 3.05) is 6.54 Å². The number of hydrogen-bond donors (Lipinski definition) is 2. The molecule has 1 heterocycles. The summed E-state index contributed by atoms with van der Waals surface area (Å²) in [7, 11) is 0. The number of carboxylic acid groups (broad SMARTS) is 1. The number of carbonyl (C=O) groups is 2. The summed E-state index contributed by atoms with van der Waals surface area (Å²) < 4.78 is 1.86. The van der Waals surface area contributed by atoms with Gasteiger partial charge in [-0.2, -0.15) is 5.10 Å². The van der Waals surface area contributed by atoms with Gasteiger partial charge in [-0.05, 0) is 24.8 Å². The molecular formula is C18H23N3O3. The number of carbonyl (C=O) groups excluding carboxylic acids is 1. The normalized spacial score (nSPS) is 10.5. The van der Waals surface area contributed by atoms with Gasteiger partial charge in [-0.25, -0.2) is 0 Å². The van der Waals surface area contributed by atoms with Gasteiger partial charge in [0.25, 0.3) is 5.91 Å². The Morgan fingerprint density at radius 3 is 2.62 bits per heavy atom. The highest BCUT2D eigenvalue weighted by Gasteiger charge is 2.16. The lowest BCUT2D eigenvalue weighted by Crippen LogP contribution is -2.25. The average Bonchev–Trinajstić information content (AvgIpc) is 2.97. The fraction of sp³-hybridized carbons (Fsp3) is 0.389. The third-order valence-corrected chi connectivity index (χ3v) is 3.81. The van der Waals surface area contributed by atoms with Gasteiger partial charge in [-0.15, -0.1) is 0 Å². The molecule has 0 saturated heterocycles. The third-order valence-electron chi connectivity index (χ3n) is 3.81. The lowest BCUT2D eigenvalue weighted by Gasteiger charge is -2.08. The fourth-order valence-electron chi connectivity index (χ4n) is 2.56. The van der Waals surface area contributed by atoms with Crippen LogP contribution in [0.15, 0.2) is 36.5 Å². The molecule has 0 bridgehead atoms. The summed E-state index contributed by atoms with van der Waals surface area (Å²) in [6.45, 7) is 3.11. The fourth-order valence-corrected chi connectivity index (χ4v) is 2.56. The molecule has 0 aliphatic heterocycles. The average molecular weight is 329 g/mol. The summed E-state index contributed by atoms with van der Waals surface area (Å²) in [6.07, 6.45) is 3.66. The lowest BCUT2D eigenvalue weighted by molar-refractivity contribution is -0.137. The third kappa shape index (κ3) is 4.94. The standard InChI is InChI=1S/C18H23N3O3/c1-2-16-15(18(24)19-11-7-6-10-17(22)23)12-20-21(16)13-14-8-4-3-5-9-14/h3-5,8-9,12H,2,6-7,10-11,13H2,1H3,(H,19,24)(H,22,23). The smallest absolute Gasteiger partial charge is 0.303 e. The predicted molar refractivity (Wildman–Crippen MR) is 91.0 cm³/mol. The van der Waals surface area contributed by atoms with E-state index < -0.39 is 5.97 Å². The molecule has 0 aliphatic carbocycles. The Balaban J connectivity index is 1.95. The van der Waals surface area contributed by atoms with E-state index in [1.807, 2.05) is 41.9 Å². The number of aliphatic carboxylic acids is 1. The number of hydrogen-bond acceptors (Lipinski definition) is 3. The van der Waals surface area contributed by atoms with E-state index in [0.29, 0.717) is 37.9 Å². The van der Waals surface area contributed by atoms with E-state index in [1.54, 1.807) is 6.20 Å². The van der Waals surface area contributed by atoms with Crippen LogP contribution in [-0.4, -0.2) is 33.3 Å². The van der Waals surface area contributed by atoms with Gasteiger partial charge < -0.3 is 10.4 Å². The maximum atomic E-state index is 12.3. The first-order valence-corrected chi connectivity index (χ1v) is 8.20. The minimum Gasteiger partial charge on any atom is -0.481 e. The van der Waals surface area contributed by atoms with E-state index in [9.17, 15) is 9.59 Å². The molecule has 0 radical (unpaired) electrons. The molecule has 0 unspecified atom stereocenters. The summed E-state index contributed by atoms with van der Waals surface area (Å²) in [5.74, 6) is -0.960. The van der Waals surface area contributed by atoms with Crippen LogP contribution in [0.4, 0.5) is 0 Å². The van der Waals surface area contributed by atoms with Gasteiger partial charge >= 0.3 is 5.97 Å². The van der Waals surface area contributed by atoms with Crippen LogP contribution >= 0.6 is 0 Å². The molecule has 1 amide bonds. The Kier molecular flexibility index (Phi) is 6.54. The molecule has 1 aromatic carbocycles. The zero-order valence-corrected chi connectivity index (χ0v) is 13.9. The second kappa shape index (κ2) is 8.86. The monoisotopic (exact) mass is 329 g/mol. The van der Waals surface area contributed by atoms with Crippen molar-refractivity contribution in [1.29, 1.82) is 0 Å². The minimum atomic E-state index is -0.809. The van der Waals surface area contributed by atoms with Gasteiger partial charge in [0.05, 0.1) is 24.0 Å². The second-order valence-corrected chi connectivity index (χ2v) is 5.61. The second-order valence-electron chi connectivity index (χ2n) is 5.61. The van der Waals surface area contributed by atoms with E-state index in [1.165, 1.54) is 0 Å². The van der Waals surface area contributed by atoms with E-state index in [0.717, 1.165) is 11.3 Å². The summed E-state index contributed by atoms with van der Waals surface area (Å²) in [6, 6.07) is 9.99. The maximum absolute atomic E-state index is 12.3. The van der Waals surface area contributed by atoms with Gasteiger partial charge in [0.1, 0.15) is 0 Å². The number of rotatable bonds is 9. The van der Waals surface area contributed by atoms with Gasteiger partial charge in [0.2, 0.25) is 0 Å². The number of amides is 1. The zero-order valence-electron chi connectivity index (χ0n) is 13.9. The molecule has 2 rings (SSSR count). The Hall–Kier alpha value is -2.63.